The first-order chi connectivity index (χ1) is 17.0. The number of hydrogen-bond acceptors (Lipinski definition) is 5. The SMILES string of the molecule is Oc1ccc(CNc2ncc3cc(-c4c(Cl)cccc4Cl)n(CC[C@@H]4CCCNC4)c3n2)cc1F. The van der Waals surface area contributed by atoms with Crippen LogP contribution in [0, 0.1) is 11.7 Å². The number of fused-ring (bicyclic) bond motifs is 1. The molecule has 1 aliphatic heterocycles. The van der Waals surface area contributed by atoms with Crippen LogP contribution in [0.1, 0.15) is 24.8 Å². The van der Waals surface area contributed by atoms with E-state index in [1.807, 2.05) is 24.3 Å². The van der Waals surface area contributed by atoms with E-state index < -0.39 is 5.82 Å². The molecule has 3 heterocycles. The molecule has 35 heavy (non-hydrogen) atoms. The van der Waals surface area contributed by atoms with Crippen molar-refractivity contribution in [3.05, 3.63) is 70.1 Å². The van der Waals surface area contributed by atoms with Crippen LogP contribution in [0.25, 0.3) is 22.3 Å². The second-order valence-corrected chi connectivity index (χ2v) is 9.71. The Morgan fingerprint density at radius 3 is 2.74 bits per heavy atom. The number of aromatic nitrogens is 3. The molecule has 1 fully saturated rings. The number of halogens is 3. The standard InChI is InChI=1S/C26H26Cl2FN5O/c27-19-4-1-5-20(28)24(19)22-12-18-15-32-26(31-14-17-6-7-23(35)21(29)11-17)33-25(18)34(22)10-8-16-3-2-9-30-13-16/h1,4-7,11-12,15-16,30,35H,2-3,8-10,13-14H2,(H,31,32,33)/t16-/m0/s1. The molecule has 182 valence electrons. The first-order valence-electron chi connectivity index (χ1n) is 11.7. The van der Waals surface area contributed by atoms with Gasteiger partial charge in [0.2, 0.25) is 5.95 Å². The molecule has 0 saturated carbocycles. The Labute approximate surface area is 213 Å². The molecule has 0 radical (unpaired) electrons. The summed E-state index contributed by atoms with van der Waals surface area (Å²) in [5, 5.41) is 18.1. The maximum absolute atomic E-state index is 13.7. The molecule has 6 nitrogen and oxygen atoms in total. The number of benzene rings is 2. The highest BCUT2D eigenvalue weighted by atomic mass is 35.5. The first-order valence-corrected chi connectivity index (χ1v) is 12.5. The highest BCUT2D eigenvalue weighted by Gasteiger charge is 2.20. The van der Waals surface area contributed by atoms with Gasteiger partial charge in [0.15, 0.2) is 11.6 Å². The molecular formula is C26H26Cl2FN5O. The summed E-state index contributed by atoms with van der Waals surface area (Å²) in [6.07, 6.45) is 5.17. The van der Waals surface area contributed by atoms with Gasteiger partial charge in [-0.15, -0.1) is 0 Å². The van der Waals surface area contributed by atoms with E-state index in [9.17, 15) is 9.50 Å². The Balaban J connectivity index is 1.49. The number of nitrogens with one attached hydrogen (secondary N) is 2. The monoisotopic (exact) mass is 513 g/mol. The van der Waals surface area contributed by atoms with E-state index in [0.29, 0.717) is 34.0 Å². The van der Waals surface area contributed by atoms with Gasteiger partial charge in [0.25, 0.3) is 0 Å². The maximum Gasteiger partial charge on any atom is 0.224 e. The van der Waals surface area contributed by atoms with Gasteiger partial charge in [-0.05, 0) is 74.2 Å². The van der Waals surface area contributed by atoms with Gasteiger partial charge in [-0.1, -0.05) is 35.3 Å². The average Bonchev–Trinajstić information content (AvgIpc) is 3.21. The normalized spacial score (nSPS) is 16.0. The summed E-state index contributed by atoms with van der Waals surface area (Å²) in [7, 11) is 0. The number of aromatic hydroxyl groups is 1. The van der Waals surface area contributed by atoms with Crippen LogP contribution in [-0.4, -0.2) is 32.7 Å². The number of aryl methyl sites for hydroxylation is 1. The largest absolute Gasteiger partial charge is 0.505 e. The van der Waals surface area contributed by atoms with Crippen molar-refractivity contribution in [2.24, 2.45) is 5.92 Å². The summed E-state index contributed by atoms with van der Waals surface area (Å²) in [6, 6.07) is 11.8. The van der Waals surface area contributed by atoms with Crippen LogP contribution >= 0.6 is 23.2 Å². The van der Waals surface area contributed by atoms with Gasteiger partial charge >= 0.3 is 0 Å². The Morgan fingerprint density at radius 1 is 1.17 bits per heavy atom. The Kier molecular flexibility index (Phi) is 7.09. The summed E-state index contributed by atoms with van der Waals surface area (Å²) in [4.78, 5) is 9.25. The fourth-order valence-corrected chi connectivity index (χ4v) is 5.22. The van der Waals surface area contributed by atoms with Crippen molar-refractivity contribution in [3.8, 4) is 17.0 Å². The van der Waals surface area contributed by atoms with E-state index in [-0.39, 0.29) is 5.75 Å². The number of nitrogens with zero attached hydrogens (tertiary/aromatic N) is 3. The number of hydrogen-bond donors (Lipinski definition) is 3. The van der Waals surface area contributed by atoms with E-state index in [0.717, 1.165) is 48.3 Å². The van der Waals surface area contributed by atoms with Crippen LogP contribution in [-0.2, 0) is 13.1 Å². The zero-order valence-corrected chi connectivity index (χ0v) is 20.6. The zero-order valence-electron chi connectivity index (χ0n) is 19.1. The van der Waals surface area contributed by atoms with Crippen LogP contribution in [0.15, 0.2) is 48.7 Å². The van der Waals surface area contributed by atoms with Crippen molar-refractivity contribution >= 4 is 40.2 Å². The highest BCUT2D eigenvalue weighted by Crippen LogP contribution is 2.38. The lowest BCUT2D eigenvalue weighted by molar-refractivity contribution is 0.343. The van der Waals surface area contributed by atoms with E-state index in [4.69, 9.17) is 28.2 Å². The lowest BCUT2D eigenvalue weighted by Crippen LogP contribution is -2.30. The third-order valence-corrected chi connectivity index (χ3v) is 7.11. The van der Waals surface area contributed by atoms with Crippen molar-refractivity contribution in [2.45, 2.75) is 32.4 Å². The Morgan fingerprint density at radius 2 is 2.00 bits per heavy atom. The highest BCUT2D eigenvalue weighted by molar-refractivity contribution is 6.39. The Bertz CT molecular complexity index is 1330. The summed E-state index contributed by atoms with van der Waals surface area (Å²) in [5.41, 5.74) is 3.15. The molecule has 0 aliphatic carbocycles. The van der Waals surface area contributed by atoms with Crippen molar-refractivity contribution in [2.75, 3.05) is 18.4 Å². The molecule has 2 aromatic carbocycles. The minimum Gasteiger partial charge on any atom is -0.505 e. The predicted molar refractivity (Wildman–Crippen MR) is 139 cm³/mol. The molecule has 4 aromatic rings. The van der Waals surface area contributed by atoms with Gasteiger partial charge in [-0.25, -0.2) is 9.37 Å². The van der Waals surface area contributed by atoms with Crippen LogP contribution < -0.4 is 10.6 Å². The number of phenolic OH excluding ortho intramolecular Hbond substituents is 1. The smallest absolute Gasteiger partial charge is 0.224 e. The molecule has 2 aromatic heterocycles. The third-order valence-electron chi connectivity index (χ3n) is 6.48. The molecule has 1 aliphatic rings. The maximum atomic E-state index is 13.7. The molecule has 9 heteroatoms. The summed E-state index contributed by atoms with van der Waals surface area (Å²) < 4.78 is 15.9. The third kappa shape index (κ3) is 5.22. The summed E-state index contributed by atoms with van der Waals surface area (Å²) in [6.45, 7) is 3.19. The quantitative estimate of drug-likeness (QED) is 0.272. The summed E-state index contributed by atoms with van der Waals surface area (Å²) in [5.74, 6) is -0.00255. The minimum absolute atomic E-state index is 0.320. The van der Waals surface area contributed by atoms with Gasteiger partial charge in [-0.3, -0.25) is 0 Å². The molecule has 3 N–H and O–H groups in total. The zero-order chi connectivity index (χ0) is 24.4. The molecule has 0 amide bonds. The van der Waals surface area contributed by atoms with E-state index in [1.165, 1.54) is 25.0 Å². The van der Waals surface area contributed by atoms with Crippen LogP contribution in [0.4, 0.5) is 10.3 Å². The number of rotatable bonds is 7. The van der Waals surface area contributed by atoms with Crippen molar-refractivity contribution in [1.82, 2.24) is 19.9 Å². The molecule has 0 spiro atoms. The molecule has 5 rings (SSSR count). The fourth-order valence-electron chi connectivity index (χ4n) is 4.62. The van der Waals surface area contributed by atoms with Gasteiger partial charge < -0.3 is 20.3 Å². The number of piperidine rings is 1. The predicted octanol–water partition coefficient (Wildman–Crippen LogP) is 6.25. The fraction of sp³-hybridized carbons (Fsp3) is 0.308. The van der Waals surface area contributed by atoms with E-state index in [2.05, 4.69) is 20.2 Å². The van der Waals surface area contributed by atoms with Gasteiger partial charge in [0, 0.05) is 30.2 Å². The molecule has 0 unspecified atom stereocenters. The van der Waals surface area contributed by atoms with Crippen molar-refractivity contribution in [3.63, 3.8) is 0 Å². The number of anilines is 1. The van der Waals surface area contributed by atoms with Gasteiger partial charge in [-0.2, -0.15) is 4.98 Å². The van der Waals surface area contributed by atoms with E-state index >= 15 is 0 Å². The second-order valence-electron chi connectivity index (χ2n) is 8.89. The van der Waals surface area contributed by atoms with Crippen molar-refractivity contribution < 1.29 is 9.50 Å². The molecule has 1 atom stereocenters. The number of phenols is 1. The van der Waals surface area contributed by atoms with Crippen LogP contribution in [0.5, 0.6) is 5.75 Å². The van der Waals surface area contributed by atoms with Gasteiger partial charge in [0.05, 0.1) is 15.7 Å². The topological polar surface area (TPSA) is 75.0 Å². The molecular weight excluding hydrogens is 488 g/mol. The van der Waals surface area contributed by atoms with Crippen LogP contribution in [0.3, 0.4) is 0 Å². The molecule has 0 bridgehead atoms. The van der Waals surface area contributed by atoms with Crippen LogP contribution in [0.2, 0.25) is 10.0 Å². The first kappa shape index (κ1) is 23.9. The average molecular weight is 514 g/mol. The second kappa shape index (κ2) is 10.4. The van der Waals surface area contributed by atoms with E-state index in [1.54, 1.807) is 12.3 Å². The lowest BCUT2D eigenvalue weighted by atomic mass is 9.96. The Hall–Kier alpha value is -2.87. The molecule has 1 saturated heterocycles. The van der Waals surface area contributed by atoms with Gasteiger partial charge in [0.1, 0.15) is 5.65 Å². The minimum atomic E-state index is -0.659. The lowest BCUT2D eigenvalue weighted by Gasteiger charge is -2.23. The van der Waals surface area contributed by atoms with Crippen molar-refractivity contribution in [1.29, 1.82) is 0 Å². The summed E-state index contributed by atoms with van der Waals surface area (Å²) >= 11 is 13.2.